The summed E-state index contributed by atoms with van der Waals surface area (Å²) >= 11 is 3.44. The number of hydrogen-bond acceptors (Lipinski definition) is 3. The lowest BCUT2D eigenvalue weighted by Crippen LogP contribution is -2.38. The Kier molecular flexibility index (Phi) is 4.87. The summed E-state index contributed by atoms with van der Waals surface area (Å²) in [5.41, 5.74) is 6.25. The molecular formula is C15H22BrNO2. The van der Waals surface area contributed by atoms with E-state index in [0.717, 1.165) is 41.5 Å². The molecule has 3 N–H and O–H groups in total. The van der Waals surface area contributed by atoms with E-state index in [0.29, 0.717) is 6.61 Å². The van der Waals surface area contributed by atoms with Crippen molar-refractivity contribution in [3.63, 3.8) is 0 Å². The summed E-state index contributed by atoms with van der Waals surface area (Å²) < 4.78 is 6.82. The maximum atomic E-state index is 10.5. The van der Waals surface area contributed by atoms with Crippen LogP contribution in [0.15, 0.2) is 22.7 Å². The van der Waals surface area contributed by atoms with Crippen LogP contribution in [-0.4, -0.2) is 17.3 Å². The van der Waals surface area contributed by atoms with E-state index < -0.39 is 5.60 Å². The first-order valence-electron chi connectivity index (χ1n) is 6.90. The van der Waals surface area contributed by atoms with Gasteiger partial charge >= 0.3 is 0 Å². The predicted octanol–water partition coefficient (Wildman–Crippen LogP) is 3.54. The number of nitrogens with two attached hydrogens (primary N) is 1. The first-order valence-corrected chi connectivity index (χ1v) is 7.70. The normalized spacial score (nSPS) is 20.0. The van der Waals surface area contributed by atoms with E-state index in [1.165, 1.54) is 6.42 Å². The molecule has 19 heavy (non-hydrogen) atoms. The number of halogens is 1. The summed E-state index contributed by atoms with van der Waals surface area (Å²) in [5.74, 6) is 0.767. The minimum atomic E-state index is -0.671. The topological polar surface area (TPSA) is 55.5 Å². The van der Waals surface area contributed by atoms with Gasteiger partial charge in [0.15, 0.2) is 0 Å². The summed E-state index contributed by atoms with van der Waals surface area (Å²) in [6, 6.07) is 5.77. The zero-order chi connectivity index (χ0) is 13.9. The molecule has 4 heteroatoms. The van der Waals surface area contributed by atoms with Gasteiger partial charge < -0.3 is 15.6 Å². The van der Waals surface area contributed by atoms with Gasteiger partial charge in [0, 0.05) is 16.1 Å². The molecule has 106 valence electrons. The lowest BCUT2D eigenvalue weighted by molar-refractivity contribution is -0.0341. The Bertz CT molecular complexity index is 428. The highest BCUT2D eigenvalue weighted by atomic mass is 79.9. The van der Waals surface area contributed by atoms with E-state index in [2.05, 4.69) is 15.9 Å². The second kappa shape index (κ2) is 6.25. The molecule has 1 fully saturated rings. The average molecular weight is 328 g/mol. The Labute approximate surface area is 123 Å². The van der Waals surface area contributed by atoms with Crippen molar-refractivity contribution in [3.8, 4) is 5.75 Å². The third kappa shape index (κ3) is 3.94. The van der Waals surface area contributed by atoms with E-state index >= 15 is 0 Å². The van der Waals surface area contributed by atoms with Gasteiger partial charge in [0.1, 0.15) is 12.4 Å². The van der Waals surface area contributed by atoms with Crippen LogP contribution in [0, 0.1) is 0 Å². The van der Waals surface area contributed by atoms with Crippen LogP contribution < -0.4 is 10.5 Å². The smallest absolute Gasteiger partial charge is 0.125 e. The van der Waals surface area contributed by atoms with E-state index in [4.69, 9.17) is 10.5 Å². The monoisotopic (exact) mass is 327 g/mol. The summed E-state index contributed by atoms with van der Waals surface area (Å²) in [5, 5.41) is 10.5. The summed E-state index contributed by atoms with van der Waals surface area (Å²) in [6.45, 7) is 2.29. The lowest BCUT2D eigenvalue weighted by Gasteiger charge is -2.32. The maximum absolute atomic E-state index is 10.5. The van der Waals surface area contributed by atoms with Gasteiger partial charge in [-0.1, -0.05) is 41.3 Å². The molecule has 0 radical (unpaired) electrons. The summed E-state index contributed by atoms with van der Waals surface area (Å²) in [6.07, 6.45) is 5.03. The molecule has 0 aromatic heterocycles. The van der Waals surface area contributed by atoms with Gasteiger partial charge in [-0.3, -0.25) is 0 Å². The van der Waals surface area contributed by atoms with Crippen LogP contribution in [0.3, 0.4) is 0 Å². The van der Waals surface area contributed by atoms with Crippen molar-refractivity contribution in [2.24, 2.45) is 5.73 Å². The fraction of sp³-hybridized carbons (Fsp3) is 0.600. The minimum absolute atomic E-state index is 0.0795. The van der Waals surface area contributed by atoms with Crippen molar-refractivity contribution in [1.29, 1.82) is 0 Å². The zero-order valence-electron chi connectivity index (χ0n) is 11.4. The molecule has 1 aromatic carbocycles. The Balaban J connectivity index is 2.07. The van der Waals surface area contributed by atoms with Crippen molar-refractivity contribution in [2.45, 2.75) is 50.7 Å². The molecule has 1 aliphatic rings. The van der Waals surface area contributed by atoms with Gasteiger partial charge in [0.2, 0.25) is 0 Å². The molecule has 0 heterocycles. The van der Waals surface area contributed by atoms with Crippen LogP contribution in [0.2, 0.25) is 0 Å². The summed E-state index contributed by atoms with van der Waals surface area (Å²) in [7, 11) is 0. The van der Waals surface area contributed by atoms with Gasteiger partial charge in [-0.2, -0.15) is 0 Å². The van der Waals surface area contributed by atoms with Crippen LogP contribution in [-0.2, 0) is 0 Å². The lowest BCUT2D eigenvalue weighted by atomic mass is 9.85. The molecular weight excluding hydrogens is 306 g/mol. The van der Waals surface area contributed by atoms with Crippen molar-refractivity contribution in [2.75, 3.05) is 6.61 Å². The highest BCUT2D eigenvalue weighted by molar-refractivity contribution is 9.10. The highest BCUT2D eigenvalue weighted by Gasteiger charge is 2.30. The fourth-order valence-corrected chi connectivity index (χ4v) is 2.92. The molecule has 0 saturated heterocycles. The second-order valence-corrected chi connectivity index (χ2v) is 6.46. The van der Waals surface area contributed by atoms with Gasteiger partial charge in [0.05, 0.1) is 5.60 Å². The zero-order valence-corrected chi connectivity index (χ0v) is 12.9. The van der Waals surface area contributed by atoms with Gasteiger partial charge in [-0.25, -0.2) is 0 Å². The Morgan fingerprint density at radius 1 is 1.37 bits per heavy atom. The molecule has 0 amide bonds. The van der Waals surface area contributed by atoms with Gasteiger partial charge in [-0.15, -0.1) is 0 Å². The largest absolute Gasteiger partial charge is 0.490 e. The van der Waals surface area contributed by atoms with E-state index in [1.54, 1.807) is 0 Å². The molecule has 0 unspecified atom stereocenters. The number of hydrogen-bond donors (Lipinski definition) is 2. The molecule has 2 rings (SSSR count). The number of benzene rings is 1. The SMILES string of the molecule is C[C@H](N)c1ccc(Br)cc1OCC1(O)CCCCC1. The molecule has 1 atom stereocenters. The average Bonchev–Trinajstić information content (AvgIpc) is 2.37. The molecule has 1 aromatic rings. The van der Waals surface area contributed by atoms with Crippen LogP contribution in [0.4, 0.5) is 0 Å². The highest BCUT2D eigenvalue weighted by Crippen LogP contribution is 2.32. The number of ether oxygens (including phenoxy) is 1. The first kappa shape index (κ1) is 14.8. The summed E-state index contributed by atoms with van der Waals surface area (Å²) in [4.78, 5) is 0. The fourth-order valence-electron chi connectivity index (χ4n) is 2.58. The predicted molar refractivity (Wildman–Crippen MR) is 80.3 cm³/mol. The quantitative estimate of drug-likeness (QED) is 0.889. The Hall–Kier alpha value is -0.580. The van der Waals surface area contributed by atoms with Crippen LogP contribution in [0.1, 0.15) is 50.6 Å². The molecule has 0 bridgehead atoms. The third-order valence-electron chi connectivity index (χ3n) is 3.75. The van der Waals surface area contributed by atoms with Crippen LogP contribution >= 0.6 is 15.9 Å². The van der Waals surface area contributed by atoms with Crippen molar-refractivity contribution >= 4 is 15.9 Å². The minimum Gasteiger partial charge on any atom is -0.490 e. The first-order chi connectivity index (χ1) is 9.00. The van der Waals surface area contributed by atoms with E-state index in [1.807, 2.05) is 25.1 Å². The van der Waals surface area contributed by atoms with Crippen molar-refractivity contribution in [1.82, 2.24) is 0 Å². The van der Waals surface area contributed by atoms with Crippen molar-refractivity contribution in [3.05, 3.63) is 28.2 Å². The van der Waals surface area contributed by atoms with Crippen molar-refractivity contribution < 1.29 is 9.84 Å². The Morgan fingerprint density at radius 3 is 2.68 bits per heavy atom. The van der Waals surface area contributed by atoms with Crippen LogP contribution in [0.25, 0.3) is 0 Å². The molecule has 0 spiro atoms. The number of rotatable bonds is 4. The van der Waals surface area contributed by atoms with Gasteiger partial charge in [-0.05, 0) is 31.9 Å². The molecule has 1 aliphatic carbocycles. The second-order valence-electron chi connectivity index (χ2n) is 5.54. The maximum Gasteiger partial charge on any atom is 0.125 e. The van der Waals surface area contributed by atoms with Gasteiger partial charge in [0.25, 0.3) is 0 Å². The Morgan fingerprint density at radius 2 is 2.05 bits per heavy atom. The van der Waals surface area contributed by atoms with E-state index in [9.17, 15) is 5.11 Å². The third-order valence-corrected chi connectivity index (χ3v) is 4.24. The van der Waals surface area contributed by atoms with E-state index in [-0.39, 0.29) is 6.04 Å². The number of aliphatic hydroxyl groups is 1. The molecule has 0 aliphatic heterocycles. The molecule has 3 nitrogen and oxygen atoms in total. The van der Waals surface area contributed by atoms with Crippen LogP contribution in [0.5, 0.6) is 5.75 Å². The standard InChI is InChI=1S/C15H22BrNO2/c1-11(17)13-6-5-12(16)9-14(13)19-10-15(18)7-3-2-4-8-15/h5-6,9,11,18H,2-4,7-8,10,17H2,1H3/t11-/m0/s1. The molecule has 1 saturated carbocycles.